The zero-order valence-corrected chi connectivity index (χ0v) is 8.99. The molecule has 17 heavy (non-hydrogen) atoms. The Kier molecular flexibility index (Phi) is 3.71. The van der Waals surface area contributed by atoms with Crippen LogP contribution in [0.4, 0.5) is 11.4 Å². The molecule has 3 N–H and O–H groups in total. The van der Waals surface area contributed by atoms with Gasteiger partial charge in [-0.05, 0) is 12.5 Å². The predicted octanol–water partition coefficient (Wildman–Crippen LogP) is 0.804. The molecular weight excluding hydrogens is 230 g/mol. The van der Waals surface area contributed by atoms with Crippen LogP contribution >= 0.6 is 0 Å². The minimum Gasteiger partial charge on any atom is -0.387 e. The van der Waals surface area contributed by atoms with Crippen LogP contribution in [0.15, 0.2) is 12.1 Å². The number of non-ortho nitro benzene ring substituents is 1. The number of rotatable bonds is 4. The summed E-state index contributed by atoms with van der Waals surface area (Å²) in [5.74, 6) is 0. The molecule has 0 aliphatic heterocycles. The standard InChI is InChI=1S/C9H11N3O5/c1-5-7(9(13)4-10)2-6(11(14)15)3-8(5)12(16)17/h2-3,9,13H,4,10H2,1H3. The molecule has 0 radical (unpaired) electrons. The van der Waals surface area contributed by atoms with Crippen molar-refractivity contribution >= 4 is 11.4 Å². The highest BCUT2D eigenvalue weighted by Gasteiger charge is 2.23. The molecule has 0 spiro atoms. The Balaban J connectivity index is 3.48. The Hall–Kier alpha value is -2.06. The summed E-state index contributed by atoms with van der Waals surface area (Å²) in [5, 5.41) is 30.9. The van der Waals surface area contributed by atoms with Crippen molar-refractivity contribution in [2.75, 3.05) is 6.54 Å². The minimum absolute atomic E-state index is 0.105. The molecule has 0 amide bonds. The first kappa shape index (κ1) is 13.0. The van der Waals surface area contributed by atoms with Crippen molar-refractivity contribution in [2.45, 2.75) is 13.0 Å². The fraction of sp³-hybridized carbons (Fsp3) is 0.333. The number of nitrogens with zero attached hydrogens (tertiary/aromatic N) is 2. The van der Waals surface area contributed by atoms with Crippen LogP contribution in [0.25, 0.3) is 0 Å². The molecule has 0 aliphatic carbocycles. The molecule has 1 unspecified atom stereocenters. The fourth-order valence-electron chi connectivity index (χ4n) is 1.47. The van der Waals surface area contributed by atoms with E-state index in [1.54, 1.807) is 0 Å². The molecule has 92 valence electrons. The normalized spacial score (nSPS) is 12.2. The second-order valence-electron chi connectivity index (χ2n) is 3.44. The molecule has 0 saturated heterocycles. The minimum atomic E-state index is -1.16. The molecule has 1 rings (SSSR count). The first-order valence-electron chi connectivity index (χ1n) is 4.70. The Morgan fingerprint density at radius 2 is 1.94 bits per heavy atom. The maximum absolute atomic E-state index is 10.7. The summed E-state index contributed by atoms with van der Waals surface area (Å²) >= 11 is 0. The maximum atomic E-state index is 10.7. The largest absolute Gasteiger partial charge is 0.387 e. The molecule has 0 saturated carbocycles. The van der Waals surface area contributed by atoms with Gasteiger partial charge in [0.1, 0.15) is 0 Å². The quantitative estimate of drug-likeness (QED) is 0.591. The molecule has 0 aliphatic rings. The molecule has 1 atom stereocenters. The van der Waals surface area contributed by atoms with Gasteiger partial charge in [0.25, 0.3) is 11.4 Å². The summed E-state index contributed by atoms with van der Waals surface area (Å²) in [5.41, 5.74) is 4.68. The summed E-state index contributed by atoms with van der Waals surface area (Å²) in [6, 6.07) is 1.96. The molecule has 0 fully saturated rings. The number of aliphatic hydroxyl groups is 1. The highest BCUT2D eigenvalue weighted by Crippen LogP contribution is 2.31. The summed E-state index contributed by atoms with van der Waals surface area (Å²) in [7, 11) is 0. The number of nitro benzene ring substituents is 2. The van der Waals surface area contributed by atoms with Gasteiger partial charge in [-0.3, -0.25) is 20.2 Å². The first-order valence-corrected chi connectivity index (χ1v) is 4.70. The van der Waals surface area contributed by atoms with E-state index in [1.165, 1.54) is 6.92 Å². The summed E-state index contributed by atoms with van der Waals surface area (Å²) in [4.78, 5) is 19.9. The number of aliphatic hydroxyl groups excluding tert-OH is 1. The number of nitrogens with two attached hydrogens (primary N) is 1. The van der Waals surface area contributed by atoms with Crippen molar-refractivity contribution in [1.29, 1.82) is 0 Å². The SMILES string of the molecule is Cc1c(C(O)CN)cc([N+](=O)[O-])cc1[N+](=O)[O-]. The van der Waals surface area contributed by atoms with Crippen molar-refractivity contribution in [2.24, 2.45) is 5.73 Å². The lowest BCUT2D eigenvalue weighted by molar-refractivity contribution is -0.394. The zero-order chi connectivity index (χ0) is 13.2. The number of hydrogen-bond acceptors (Lipinski definition) is 6. The second kappa shape index (κ2) is 4.85. The van der Waals surface area contributed by atoms with Crippen molar-refractivity contribution in [3.8, 4) is 0 Å². The van der Waals surface area contributed by atoms with Crippen LogP contribution in [0.1, 0.15) is 17.2 Å². The third-order valence-electron chi connectivity index (χ3n) is 2.39. The Morgan fingerprint density at radius 3 is 2.35 bits per heavy atom. The van der Waals surface area contributed by atoms with Gasteiger partial charge in [-0.2, -0.15) is 0 Å². The van der Waals surface area contributed by atoms with Crippen molar-refractivity contribution in [3.05, 3.63) is 43.5 Å². The van der Waals surface area contributed by atoms with E-state index in [1.807, 2.05) is 0 Å². The predicted molar refractivity (Wildman–Crippen MR) is 58.5 cm³/mol. The van der Waals surface area contributed by atoms with Gasteiger partial charge in [-0.1, -0.05) is 0 Å². The van der Waals surface area contributed by atoms with Crippen molar-refractivity contribution in [3.63, 3.8) is 0 Å². The molecule has 8 heteroatoms. The van der Waals surface area contributed by atoms with E-state index in [9.17, 15) is 25.3 Å². The second-order valence-corrected chi connectivity index (χ2v) is 3.44. The maximum Gasteiger partial charge on any atom is 0.279 e. The zero-order valence-electron chi connectivity index (χ0n) is 8.99. The summed E-state index contributed by atoms with van der Waals surface area (Å²) in [6.07, 6.45) is -1.16. The van der Waals surface area contributed by atoms with E-state index in [2.05, 4.69) is 0 Å². The van der Waals surface area contributed by atoms with Crippen LogP contribution in [0.3, 0.4) is 0 Å². The van der Waals surface area contributed by atoms with Crippen LogP contribution < -0.4 is 5.73 Å². The average Bonchev–Trinajstić information content (AvgIpc) is 2.27. The van der Waals surface area contributed by atoms with Gasteiger partial charge in [-0.15, -0.1) is 0 Å². The highest BCUT2D eigenvalue weighted by molar-refractivity contribution is 5.54. The smallest absolute Gasteiger partial charge is 0.279 e. The van der Waals surface area contributed by atoms with Gasteiger partial charge < -0.3 is 10.8 Å². The molecule has 1 aromatic carbocycles. The molecule has 0 heterocycles. The number of hydrogen-bond donors (Lipinski definition) is 2. The topological polar surface area (TPSA) is 133 Å². The lowest BCUT2D eigenvalue weighted by Crippen LogP contribution is -2.13. The first-order chi connectivity index (χ1) is 7.88. The third kappa shape index (κ3) is 2.55. The average molecular weight is 241 g/mol. The van der Waals surface area contributed by atoms with E-state index in [0.717, 1.165) is 12.1 Å². The van der Waals surface area contributed by atoms with Crippen LogP contribution in [0, 0.1) is 27.2 Å². The van der Waals surface area contributed by atoms with Crippen LogP contribution in [0.2, 0.25) is 0 Å². The summed E-state index contributed by atoms with van der Waals surface area (Å²) < 4.78 is 0. The van der Waals surface area contributed by atoms with E-state index in [4.69, 9.17) is 5.73 Å². The molecule has 8 nitrogen and oxygen atoms in total. The summed E-state index contributed by atoms with van der Waals surface area (Å²) in [6.45, 7) is 1.25. The van der Waals surface area contributed by atoms with E-state index in [0.29, 0.717) is 0 Å². The van der Waals surface area contributed by atoms with Gasteiger partial charge in [0.15, 0.2) is 0 Å². The Labute approximate surface area is 96.0 Å². The van der Waals surface area contributed by atoms with Crippen LogP contribution in [-0.4, -0.2) is 21.5 Å². The molecule has 0 bridgehead atoms. The highest BCUT2D eigenvalue weighted by atomic mass is 16.6. The van der Waals surface area contributed by atoms with Crippen LogP contribution in [-0.2, 0) is 0 Å². The molecular formula is C9H11N3O5. The Morgan fingerprint density at radius 1 is 1.35 bits per heavy atom. The number of nitro groups is 2. The van der Waals surface area contributed by atoms with Gasteiger partial charge >= 0.3 is 0 Å². The molecule has 0 aromatic heterocycles. The van der Waals surface area contributed by atoms with E-state index < -0.39 is 27.3 Å². The fourth-order valence-corrected chi connectivity index (χ4v) is 1.47. The lowest BCUT2D eigenvalue weighted by atomic mass is 10.0. The van der Waals surface area contributed by atoms with Crippen LogP contribution in [0.5, 0.6) is 0 Å². The van der Waals surface area contributed by atoms with Gasteiger partial charge in [0.05, 0.1) is 22.0 Å². The molecule has 1 aromatic rings. The van der Waals surface area contributed by atoms with Gasteiger partial charge in [0.2, 0.25) is 0 Å². The van der Waals surface area contributed by atoms with E-state index >= 15 is 0 Å². The monoisotopic (exact) mass is 241 g/mol. The van der Waals surface area contributed by atoms with Crippen molar-refractivity contribution < 1.29 is 15.0 Å². The van der Waals surface area contributed by atoms with E-state index in [-0.39, 0.29) is 17.7 Å². The van der Waals surface area contributed by atoms with Gasteiger partial charge in [-0.25, -0.2) is 0 Å². The Bertz CT molecular complexity index is 474. The van der Waals surface area contributed by atoms with Gasteiger partial charge in [0, 0.05) is 18.2 Å². The number of benzene rings is 1. The lowest BCUT2D eigenvalue weighted by Gasteiger charge is -2.11. The van der Waals surface area contributed by atoms with Crippen molar-refractivity contribution in [1.82, 2.24) is 0 Å². The third-order valence-corrected chi connectivity index (χ3v) is 2.39.